The number of thiazole rings is 1. The molecule has 0 radical (unpaired) electrons. The summed E-state index contributed by atoms with van der Waals surface area (Å²) in [6, 6.07) is 3.52. The van der Waals surface area contributed by atoms with Crippen molar-refractivity contribution in [3.8, 4) is 10.4 Å². The van der Waals surface area contributed by atoms with Gasteiger partial charge in [0.2, 0.25) is 12.7 Å². The number of anilines is 1. The Kier molecular flexibility index (Phi) is 11.4. The fourth-order valence-electron chi connectivity index (χ4n) is 4.63. The number of pyridine rings is 1. The Bertz CT molecular complexity index is 1210. The zero-order valence-electron chi connectivity index (χ0n) is 24.0. The van der Waals surface area contributed by atoms with Crippen molar-refractivity contribution in [3.63, 3.8) is 0 Å². The molecule has 1 saturated heterocycles. The fourth-order valence-corrected chi connectivity index (χ4v) is 5.58. The SMILES string of the molecule is Cc1nc(NC(=O)N2CCCC2)sc1-c1ccnc(C(C)(C)C(=O)OC(C)OC(=O)OC2CCCCC2)c1.NC=O. The van der Waals surface area contributed by atoms with Crippen molar-refractivity contribution < 1.29 is 33.4 Å². The van der Waals surface area contributed by atoms with Crippen molar-refractivity contribution in [2.75, 3.05) is 18.4 Å². The van der Waals surface area contributed by atoms with Crippen LogP contribution in [0.2, 0.25) is 0 Å². The van der Waals surface area contributed by atoms with Crippen LogP contribution in [0.25, 0.3) is 10.4 Å². The molecule has 1 aliphatic heterocycles. The van der Waals surface area contributed by atoms with Crippen LogP contribution in [0.15, 0.2) is 18.3 Å². The number of nitrogens with two attached hydrogens (primary N) is 1. The molecular formula is C28H39N5O7S. The lowest BCUT2D eigenvalue weighted by Crippen LogP contribution is -2.36. The van der Waals surface area contributed by atoms with E-state index in [1.165, 1.54) is 18.3 Å². The first-order valence-electron chi connectivity index (χ1n) is 13.8. The molecule has 1 saturated carbocycles. The van der Waals surface area contributed by atoms with Crippen LogP contribution in [-0.2, 0) is 29.2 Å². The van der Waals surface area contributed by atoms with E-state index in [9.17, 15) is 14.4 Å². The third kappa shape index (κ3) is 8.87. The van der Waals surface area contributed by atoms with E-state index in [4.69, 9.17) is 19.0 Å². The number of urea groups is 1. The lowest BCUT2D eigenvalue weighted by atomic mass is 9.88. The predicted octanol–water partition coefficient (Wildman–Crippen LogP) is 4.90. The van der Waals surface area contributed by atoms with Crippen molar-refractivity contribution in [3.05, 3.63) is 29.7 Å². The number of rotatable bonds is 7. The van der Waals surface area contributed by atoms with Crippen molar-refractivity contribution in [2.45, 2.75) is 90.4 Å². The maximum Gasteiger partial charge on any atom is 0.511 e. The molecule has 1 atom stereocenters. The summed E-state index contributed by atoms with van der Waals surface area (Å²) >= 11 is 1.37. The van der Waals surface area contributed by atoms with Crippen molar-refractivity contribution in [1.29, 1.82) is 0 Å². The highest BCUT2D eigenvalue weighted by atomic mass is 32.1. The Morgan fingerprint density at radius 2 is 1.80 bits per heavy atom. The van der Waals surface area contributed by atoms with E-state index < -0.39 is 23.8 Å². The highest BCUT2D eigenvalue weighted by Crippen LogP contribution is 2.35. The van der Waals surface area contributed by atoms with E-state index in [1.807, 2.05) is 19.1 Å². The number of nitrogens with one attached hydrogen (secondary N) is 1. The Morgan fingerprint density at radius 1 is 1.15 bits per heavy atom. The number of amides is 3. The molecule has 1 aliphatic carbocycles. The van der Waals surface area contributed by atoms with Gasteiger partial charge in [-0.1, -0.05) is 17.8 Å². The molecule has 224 valence electrons. The van der Waals surface area contributed by atoms with Gasteiger partial charge in [-0.25, -0.2) is 14.6 Å². The minimum atomic E-state index is -1.12. The number of aryl methyl sites for hydroxylation is 1. The lowest BCUT2D eigenvalue weighted by molar-refractivity contribution is -0.174. The third-order valence-corrected chi connectivity index (χ3v) is 8.05. The van der Waals surface area contributed by atoms with Crippen LogP contribution in [0, 0.1) is 6.92 Å². The Morgan fingerprint density at radius 3 is 2.46 bits per heavy atom. The molecule has 2 aromatic heterocycles. The van der Waals surface area contributed by atoms with Gasteiger partial charge in [0.1, 0.15) is 11.5 Å². The molecule has 2 aromatic rings. The largest absolute Gasteiger partial charge is 0.511 e. The van der Waals surface area contributed by atoms with Gasteiger partial charge < -0.3 is 24.8 Å². The number of carbonyl (C=O) groups excluding carboxylic acids is 4. The van der Waals surface area contributed by atoms with E-state index >= 15 is 0 Å². The molecule has 3 heterocycles. The van der Waals surface area contributed by atoms with Gasteiger partial charge in [-0.15, -0.1) is 0 Å². The maximum atomic E-state index is 13.1. The summed E-state index contributed by atoms with van der Waals surface area (Å²) in [4.78, 5) is 57.8. The van der Waals surface area contributed by atoms with Crippen molar-refractivity contribution >= 4 is 41.0 Å². The Balaban J connectivity index is 0.00000147. The van der Waals surface area contributed by atoms with E-state index in [-0.39, 0.29) is 18.5 Å². The topological polar surface area (TPSA) is 163 Å². The lowest BCUT2D eigenvalue weighted by Gasteiger charge is -2.25. The van der Waals surface area contributed by atoms with Gasteiger partial charge in [-0.3, -0.25) is 19.9 Å². The van der Waals surface area contributed by atoms with Gasteiger partial charge in [0.15, 0.2) is 5.13 Å². The Labute approximate surface area is 243 Å². The number of ether oxygens (including phenoxy) is 3. The summed E-state index contributed by atoms with van der Waals surface area (Å²) in [5.74, 6) is -0.584. The second-order valence-electron chi connectivity index (χ2n) is 10.5. The molecule has 0 aromatic carbocycles. The standard InChI is InChI=1S/C27H36N4O6S.CH3NO/c1-17-22(38-24(29-17)30-25(33)31-14-8-9-15-31)19-12-13-28-21(16-19)27(3,4)23(32)35-18(2)36-26(34)37-20-10-6-5-7-11-20;2-1-3/h12-13,16,18,20H,5-11,14-15H2,1-4H3,(H,29,30,33);1H,(H2,2,3). The van der Waals surface area contributed by atoms with Crippen LogP contribution in [0.5, 0.6) is 0 Å². The number of likely N-dealkylation sites (tertiary alicyclic amines) is 1. The van der Waals surface area contributed by atoms with Crippen molar-refractivity contribution in [1.82, 2.24) is 14.9 Å². The zero-order valence-corrected chi connectivity index (χ0v) is 24.8. The number of primary amides is 1. The molecule has 13 heteroatoms. The molecular weight excluding hydrogens is 550 g/mol. The number of carbonyl (C=O) groups is 4. The van der Waals surface area contributed by atoms with Crippen LogP contribution in [0.4, 0.5) is 14.7 Å². The highest BCUT2D eigenvalue weighted by molar-refractivity contribution is 7.19. The molecule has 0 bridgehead atoms. The van der Waals surface area contributed by atoms with Gasteiger partial charge in [0, 0.05) is 26.2 Å². The van der Waals surface area contributed by atoms with E-state index in [0.717, 1.165) is 74.2 Å². The van der Waals surface area contributed by atoms with Gasteiger partial charge in [-0.2, -0.15) is 0 Å². The molecule has 12 nitrogen and oxygen atoms in total. The summed E-state index contributed by atoms with van der Waals surface area (Å²) in [6.45, 7) is 8.28. The second-order valence-corrected chi connectivity index (χ2v) is 11.5. The van der Waals surface area contributed by atoms with Gasteiger partial charge >= 0.3 is 18.2 Å². The van der Waals surface area contributed by atoms with Gasteiger partial charge in [-0.05, 0) is 77.0 Å². The minimum Gasteiger partial charge on any atom is -0.431 e. The average Bonchev–Trinajstić information content (AvgIpc) is 3.60. The highest BCUT2D eigenvalue weighted by Gasteiger charge is 2.35. The summed E-state index contributed by atoms with van der Waals surface area (Å²) in [5, 5.41) is 3.42. The average molecular weight is 590 g/mol. The Hall–Kier alpha value is -3.74. The number of esters is 1. The van der Waals surface area contributed by atoms with Crippen LogP contribution < -0.4 is 11.1 Å². The number of nitrogens with zero attached hydrogens (tertiary/aromatic N) is 3. The first-order chi connectivity index (χ1) is 19.5. The number of hydrogen-bond acceptors (Lipinski definition) is 10. The van der Waals surface area contributed by atoms with Gasteiger partial charge in [0.05, 0.1) is 16.3 Å². The minimum absolute atomic E-state index is 0.138. The predicted molar refractivity (Wildman–Crippen MR) is 153 cm³/mol. The summed E-state index contributed by atoms with van der Waals surface area (Å²) in [6.07, 6.45) is 6.67. The number of aromatic nitrogens is 2. The number of hydrogen-bond donors (Lipinski definition) is 2. The normalized spacial score (nSPS) is 16.1. The van der Waals surface area contributed by atoms with E-state index in [1.54, 1.807) is 24.9 Å². The quantitative estimate of drug-likeness (QED) is 0.260. The fraction of sp³-hybridized carbons (Fsp3) is 0.571. The monoisotopic (exact) mass is 589 g/mol. The molecule has 1 unspecified atom stereocenters. The molecule has 4 rings (SSSR count). The van der Waals surface area contributed by atoms with E-state index in [0.29, 0.717) is 10.8 Å². The molecule has 3 amide bonds. The van der Waals surface area contributed by atoms with Crippen molar-refractivity contribution in [2.24, 2.45) is 5.73 Å². The smallest absolute Gasteiger partial charge is 0.431 e. The molecule has 2 aliphatic rings. The molecule has 0 spiro atoms. The summed E-state index contributed by atoms with van der Waals surface area (Å²) < 4.78 is 15.9. The summed E-state index contributed by atoms with van der Waals surface area (Å²) in [7, 11) is 0. The van der Waals surface area contributed by atoms with E-state index in [2.05, 4.69) is 21.0 Å². The first-order valence-corrected chi connectivity index (χ1v) is 14.6. The van der Waals surface area contributed by atoms with Crippen LogP contribution >= 0.6 is 11.3 Å². The zero-order chi connectivity index (χ0) is 30.0. The molecule has 41 heavy (non-hydrogen) atoms. The third-order valence-electron chi connectivity index (χ3n) is 6.93. The maximum absolute atomic E-state index is 13.1. The van der Waals surface area contributed by atoms with Gasteiger partial charge in [0.25, 0.3) is 0 Å². The second kappa shape index (κ2) is 14.8. The van der Waals surface area contributed by atoms with Crippen LogP contribution in [-0.4, -0.2) is 64.9 Å². The summed E-state index contributed by atoms with van der Waals surface area (Å²) in [5.41, 5.74) is 5.13. The molecule has 2 fully saturated rings. The van der Waals surface area contributed by atoms with Crippen LogP contribution in [0.3, 0.4) is 0 Å². The first kappa shape index (κ1) is 31.8. The molecule has 3 N–H and O–H groups in total. The van der Waals surface area contributed by atoms with Crippen LogP contribution in [0.1, 0.15) is 77.1 Å².